The Labute approximate surface area is 117 Å². The fourth-order valence-corrected chi connectivity index (χ4v) is 2.21. The molecule has 0 aliphatic carbocycles. The molecule has 2 aromatic rings. The molecule has 2 rings (SSSR count). The summed E-state index contributed by atoms with van der Waals surface area (Å²) in [6.45, 7) is 1.59. The fraction of sp³-hybridized carbons (Fsp3) is 0.0769. The van der Waals surface area contributed by atoms with Crippen LogP contribution in [0.2, 0.25) is 0 Å². The highest BCUT2D eigenvalue weighted by atomic mass is 127. The lowest BCUT2D eigenvalue weighted by Crippen LogP contribution is -2.01. The van der Waals surface area contributed by atoms with Crippen molar-refractivity contribution in [1.29, 1.82) is 0 Å². The van der Waals surface area contributed by atoms with Crippen molar-refractivity contribution in [2.75, 3.05) is 11.1 Å². The third-order valence-corrected chi connectivity index (χ3v) is 3.43. The summed E-state index contributed by atoms with van der Waals surface area (Å²) in [6.07, 6.45) is 0. The third-order valence-electron chi connectivity index (χ3n) is 2.54. The van der Waals surface area contributed by atoms with Gasteiger partial charge < -0.3 is 11.1 Å². The monoisotopic (exact) mass is 360 g/mol. The average Bonchev–Trinajstić information content (AvgIpc) is 2.32. The van der Waals surface area contributed by atoms with Crippen LogP contribution in [0.25, 0.3) is 0 Å². The van der Waals surface area contributed by atoms with E-state index in [1.807, 2.05) is 0 Å². The standard InChI is InChI=1S/C13H11F2IN2/c1-7-2-4-9(14)13(12(7)15)18-11-5-3-8(17)6-10(11)16/h2-6,18H,17H2,1H3. The quantitative estimate of drug-likeness (QED) is 0.622. The van der Waals surface area contributed by atoms with E-state index in [1.54, 1.807) is 25.1 Å². The fourth-order valence-electron chi connectivity index (χ4n) is 1.54. The van der Waals surface area contributed by atoms with Gasteiger partial charge >= 0.3 is 0 Å². The van der Waals surface area contributed by atoms with E-state index in [4.69, 9.17) is 5.73 Å². The number of rotatable bonds is 2. The summed E-state index contributed by atoms with van der Waals surface area (Å²) in [5, 5.41) is 2.76. The Morgan fingerprint density at radius 1 is 1.17 bits per heavy atom. The molecule has 94 valence electrons. The zero-order chi connectivity index (χ0) is 13.3. The predicted molar refractivity (Wildman–Crippen MR) is 77.9 cm³/mol. The van der Waals surface area contributed by atoms with Crippen molar-refractivity contribution in [2.24, 2.45) is 0 Å². The van der Waals surface area contributed by atoms with Crippen LogP contribution in [0.15, 0.2) is 30.3 Å². The normalized spacial score (nSPS) is 10.4. The van der Waals surface area contributed by atoms with E-state index >= 15 is 0 Å². The van der Waals surface area contributed by atoms with Crippen LogP contribution in [0.3, 0.4) is 0 Å². The lowest BCUT2D eigenvalue weighted by molar-refractivity contribution is 0.585. The van der Waals surface area contributed by atoms with Crippen LogP contribution >= 0.6 is 22.6 Å². The Morgan fingerprint density at radius 3 is 2.56 bits per heavy atom. The van der Waals surface area contributed by atoms with Crippen LogP contribution in [0.5, 0.6) is 0 Å². The molecule has 18 heavy (non-hydrogen) atoms. The van der Waals surface area contributed by atoms with E-state index in [0.717, 1.165) is 3.57 Å². The van der Waals surface area contributed by atoms with Crippen molar-refractivity contribution < 1.29 is 8.78 Å². The van der Waals surface area contributed by atoms with Crippen molar-refractivity contribution in [3.8, 4) is 0 Å². The number of halogens is 3. The number of nitrogens with two attached hydrogens (primary N) is 1. The molecule has 0 aromatic heterocycles. The highest BCUT2D eigenvalue weighted by Gasteiger charge is 2.12. The molecule has 0 heterocycles. The Morgan fingerprint density at radius 2 is 1.89 bits per heavy atom. The molecule has 0 bridgehead atoms. The van der Waals surface area contributed by atoms with Crippen LogP contribution in [-0.4, -0.2) is 0 Å². The summed E-state index contributed by atoms with van der Waals surface area (Å²) in [4.78, 5) is 0. The Hall–Kier alpha value is -1.37. The van der Waals surface area contributed by atoms with Crippen LogP contribution in [0.4, 0.5) is 25.8 Å². The van der Waals surface area contributed by atoms with Gasteiger partial charge in [-0.1, -0.05) is 6.07 Å². The molecule has 0 fully saturated rings. The maximum absolute atomic E-state index is 13.8. The molecule has 3 N–H and O–H groups in total. The maximum Gasteiger partial charge on any atom is 0.152 e. The molecule has 0 unspecified atom stereocenters. The minimum absolute atomic E-state index is 0.141. The van der Waals surface area contributed by atoms with Gasteiger partial charge in [0.2, 0.25) is 0 Å². The van der Waals surface area contributed by atoms with Gasteiger partial charge in [-0.05, 0) is 59.3 Å². The number of benzene rings is 2. The van der Waals surface area contributed by atoms with Crippen LogP contribution in [0, 0.1) is 22.1 Å². The first-order valence-corrected chi connectivity index (χ1v) is 6.33. The Kier molecular flexibility index (Phi) is 3.70. The second-order valence-corrected chi connectivity index (χ2v) is 5.08. The predicted octanol–water partition coefficient (Wildman–Crippen LogP) is 4.20. The summed E-state index contributed by atoms with van der Waals surface area (Å²) in [5.41, 5.74) is 7.10. The lowest BCUT2D eigenvalue weighted by Gasteiger charge is -2.12. The molecule has 0 amide bonds. The van der Waals surface area contributed by atoms with Gasteiger partial charge in [0, 0.05) is 9.26 Å². The molecular weight excluding hydrogens is 349 g/mol. The first-order chi connectivity index (χ1) is 8.49. The molecule has 5 heteroatoms. The number of hydrogen-bond donors (Lipinski definition) is 2. The molecule has 0 aliphatic heterocycles. The van der Waals surface area contributed by atoms with E-state index in [9.17, 15) is 8.78 Å². The molecular formula is C13H11F2IN2. The van der Waals surface area contributed by atoms with E-state index in [0.29, 0.717) is 16.9 Å². The van der Waals surface area contributed by atoms with Crippen LogP contribution < -0.4 is 11.1 Å². The highest BCUT2D eigenvalue weighted by Crippen LogP contribution is 2.29. The summed E-state index contributed by atoms with van der Waals surface area (Å²) in [6, 6.07) is 7.75. The summed E-state index contributed by atoms with van der Waals surface area (Å²) >= 11 is 2.06. The summed E-state index contributed by atoms with van der Waals surface area (Å²) < 4.78 is 28.2. The first kappa shape index (κ1) is 13.1. The van der Waals surface area contributed by atoms with Gasteiger partial charge in [-0.2, -0.15) is 0 Å². The van der Waals surface area contributed by atoms with Gasteiger partial charge in [0.15, 0.2) is 5.82 Å². The van der Waals surface area contributed by atoms with Gasteiger partial charge in [-0.3, -0.25) is 0 Å². The molecule has 0 saturated carbocycles. The van der Waals surface area contributed by atoms with Crippen LogP contribution in [-0.2, 0) is 0 Å². The van der Waals surface area contributed by atoms with Crippen LogP contribution in [0.1, 0.15) is 5.56 Å². The minimum atomic E-state index is -0.620. The van der Waals surface area contributed by atoms with Crippen molar-refractivity contribution in [2.45, 2.75) is 6.92 Å². The minimum Gasteiger partial charge on any atom is -0.399 e. The number of aryl methyl sites for hydroxylation is 1. The first-order valence-electron chi connectivity index (χ1n) is 5.25. The summed E-state index contributed by atoms with van der Waals surface area (Å²) in [7, 11) is 0. The van der Waals surface area contributed by atoms with E-state index < -0.39 is 11.6 Å². The van der Waals surface area contributed by atoms with Crippen molar-refractivity contribution in [3.63, 3.8) is 0 Å². The zero-order valence-electron chi connectivity index (χ0n) is 9.60. The van der Waals surface area contributed by atoms with E-state index in [2.05, 4.69) is 27.9 Å². The molecule has 0 saturated heterocycles. The SMILES string of the molecule is Cc1ccc(F)c(Nc2ccc(N)cc2I)c1F. The molecule has 0 radical (unpaired) electrons. The van der Waals surface area contributed by atoms with Gasteiger partial charge in [0.05, 0.1) is 5.69 Å². The Bertz CT molecular complexity index is 600. The number of anilines is 3. The smallest absolute Gasteiger partial charge is 0.152 e. The molecule has 0 aliphatic rings. The van der Waals surface area contributed by atoms with Crippen molar-refractivity contribution in [1.82, 2.24) is 0 Å². The van der Waals surface area contributed by atoms with E-state index in [-0.39, 0.29) is 5.69 Å². The van der Waals surface area contributed by atoms with Crippen molar-refractivity contribution >= 4 is 39.7 Å². The summed E-state index contributed by atoms with van der Waals surface area (Å²) in [5.74, 6) is -1.20. The molecule has 2 aromatic carbocycles. The molecule has 0 atom stereocenters. The topological polar surface area (TPSA) is 38.0 Å². The number of hydrogen-bond acceptors (Lipinski definition) is 2. The van der Waals surface area contributed by atoms with Gasteiger partial charge in [-0.25, -0.2) is 8.78 Å². The average molecular weight is 360 g/mol. The zero-order valence-corrected chi connectivity index (χ0v) is 11.8. The second kappa shape index (κ2) is 5.09. The largest absolute Gasteiger partial charge is 0.399 e. The number of nitrogens with one attached hydrogen (secondary N) is 1. The Balaban J connectivity index is 2.43. The van der Waals surface area contributed by atoms with Gasteiger partial charge in [-0.15, -0.1) is 0 Å². The molecule has 0 spiro atoms. The highest BCUT2D eigenvalue weighted by molar-refractivity contribution is 14.1. The van der Waals surface area contributed by atoms with Gasteiger partial charge in [0.1, 0.15) is 11.5 Å². The third kappa shape index (κ3) is 2.55. The number of nitrogen functional groups attached to an aromatic ring is 1. The van der Waals surface area contributed by atoms with Crippen molar-refractivity contribution in [3.05, 3.63) is 51.1 Å². The second-order valence-electron chi connectivity index (χ2n) is 3.92. The molecule has 2 nitrogen and oxygen atoms in total. The lowest BCUT2D eigenvalue weighted by atomic mass is 10.2. The maximum atomic E-state index is 13.8. The van der Waals surface area contributed by atoms with E-state index in [1.165, 1.54) is 12.1 Å². The van der Waals surface area contributed by atoms with Gasteiger partial charge in [0.25, 0.3) is 0 Å².